The molecule has 2 aromatic rings. The van der Waals surface area contributed by atoms with E-state index in [4.69, 9.17) is 0 Å². The van der Waals surface area contributed by atoms with E-state index >= 15 is 0 Å². The number of fused-ring (bicyclic) bond motifs is 10. The Hall–Kier alpha value is -1.74. The van der Waals surface area contributed by atoms with Gasteiger partial charge in [-0.3, -0.25) is 0 Å². The molecule has 52 heavy (non-hydrogen) atoms. The molecule has 284 valence electrons. The number of nitrogens with zero attached hydrogens (tertiary/aromatic N) is 2. The van der Waals surface area contributed by atoms with E-state index in [1.165, 1.54) is 83.5 Å². The molecule has 0 radical (unpaired) electrons. The molecular weight excluding hydrogens is 645 g/mol. The quantitative estimate of drug-likeness (QED) is 0.290. The zero-order chi connectivity index (χ0) is 35.7. The molecule has 2 saturated heterocycles. The van der Waals surface area contributed by atoms with Gasteiger partial charge < -0.3 is 9.80 Å². The van der Waals surface area contributed by atoms with Crippen LogP contribution in [-0.4, -0.2) is 32.2 Å². The summed E-state index contributed by atoms with van der Waals surface area (Å²) >= 11 is 0. The van der Waals surface area contributed by atoms with Crippen molar-refractivity contribution >= 4 is 19.4 Å². The van der Waals surface area contributed by atoms with E-state index in [2.05, 4.69) is 111 Å². The predicted molar refractivity (Wildman–Crippen MR) is 225 cm³/mol. The van der Waals surface area contributed by atoms with Crippen molar-refractivity contribution in [1.29, 1.82) is 0 Å². The van der Waals surface area contributed by atoms with E-state index in [1.54, 1.807) is 24.2 Å². The number of rotatable bonds is 4. The molecule has 0 N–H and O–H groups in total. The first-order chi connectivity index (χ1) is 25.3. The van der Waals surface area contributed by atoms with Gasteiger partial charge in [0.05, 0.1) is 8.07 Å². The van der Waals surface area contributed by atoms with Gasteiger partial charge in [-0.25, -0.2) is 0 Å². The summed E-state index contributed by atoms with van der Waals surface area (Å²) in [4.78, 5) is 6.28. The molecule has 2 aromatic carbocycles. The predicted octanol–water partition coefficient (Wildman–Crippen LogP) is 13.1. The Balaban J connectivity index is 0.00000116. The van der Waals surface area contributed by atoms with Crippen LogP contribution in [0.3, 0.4) is 0 Å². The maximum atomic E-state index is 3.14. The van der Waals surface area contributed by atoms with Gasteiger partial charge in [0.2, 0.25) is 0 Å². The Morgan fingerprint density at radius 3 is 1.25 bits per heavy atom. The van der Waals surface area contributed by atoms with Crippen molar-refractivity contribution in [3.8, 4) is 0 Å². The molecule has 6 aliphatic carbocycles. The lowest BCUT2D eigenvalue weighted by molar-refractivity contribution is 0.191. The zero-order valence-corrected chi connectivity index (χ0v) is 35.0. The lowest BCUT2D eigenvalue weighted by Gasteiger charge is -2.51. The van der Waals surface area contributed by atoms with Gasteiger partial charge in [0, 0.05) is 35.5 Å². The largest absolute Gasteiger partial charge is 0.365 e. The minimum atomic E-state index is -1.74. The fourth-order valence-electron chi connectivity index (χ4n) is 16.5. The number of anilines is 2. The topological polar surface area (TPSA) is 6.48 Å². The average molecular weight is 719 g/mol. The third-order valence-corrected chi connectivity index (χ3v) is 22.7. The van der Waals surface area contributed by atoms with Gasteiger partial charge in [-0.1, -0.05) is 122 Å². The lowest BCUT2D eigenvalue weighted by atomic mass is 9.73. The first kappa shape index (κ1) is 35.9. The maximum Gasteiger partial charge on any atom is 0.0548 e. The SMILES string of the molecule is CC1CCC2C(C1)C1C(C3CCCCC3C1[Si](C)(C)C1C3CCCCC3C3C1C1CC(C)CCC1N3c1ccccc1)N2c1ccccc1.CCC. The first-order valence-corrected chi connectivity index (χ1v) is 26.2. The lowest BCUT2D eigenvalue weighted by Crippen LogP contribution is -2.50. The minimum absolute atomic E-state index is 0.783. The Morgan fingerprint density at radius 2 is 0.865 bits per heavy atom. The summed E-state index contributed by atoms with van der Waals surface area (Å²) < 4.78 is 0. The third-order valence-electron chi connectivity index (χ3n) is 17.6. The normalized spacial score (nSPS) is 44.8. The highest BCUT2D eigenvalue weighted by Crippen LogP contribution is 2.72. The summed E-state index contributed by atoms with van der Waals surface area (Å²) in [7, 11) is -1.74. The van der Waals surface area contributed by atoms with Crippen LogP contribution >= 0.6 is 0 Å². The van der Waals surface area contributed by atoms with Gasteiger partial charge in [0.25, 0.3) is 0 Å². The van der Waals surface area contributed by atoms with Crippen molar-refractivity contribution in [2.24, 2.45) is 59.2 Å². The summed E-state index contributed by atoms with van der Waals surface area (Å²) in [5, 5.41) is 0. The summed E-state index contributed by atoms with van der Waals surface area (Å²) in [6.45, 7) is 15.6. The molecule has 0 spiro atoms. The number of para-hydroxylation sites is 2. The first-order valence-electron chi connectivity index (χ1n) is 23.0. The second-order valence-electron chi connectivity index (χ2n) is 20.7. The van der Waals surface area contributed by atoms with E-state index in [-0.39, 0.29) is 0 Å². The molecule has 0 amide bonds. The van der Waals surface area contributed by atoms with Gasteiger partial charge in [0.1, 0.15) is 0 Å². The van der Waals surface area contributed by atoms with Crippen LogP contribution in [0.2, 0.25) is 24.2 Å². The molecule has 2 aliphatic heterocycles. The van der Waals surface area contributed by atoms with Gasteiger partial charge in [-0.15, -0.1) is 0 Å². The smallest absolute Gasteiger partial charge is 0.0548 e. The molecule has 0 aromatic heterocycles. The summed E-state index contributed by atoms with van der Waals surface area (Å²) in [5.41, 5.74) is 5.19. The molecular formula is C49H74N2Si. The van der Waals surface area contributed by atoms with E-state index in [1.807, 2.05) is 0 Å². The number of hydrogen-bond acceptors (Lipinski definition) is 2. The molecule has 2 heterocycles. The van der Waals surface area contributed by atoms with E-state index < -0.39 is 8.07 Å². The van der Waals surface area contributed by atoms with Crippen LogP contribution in [0.25, 0.3) is 0 Å². The molecule has 2 nitrogen and oxygen atoms in total. The standard InChI is InChI=1S/C46H66N2Si.C3H8/c1-29-23-25-39-37(27-29)41-43(47(39)31-15-7-5-8-16-31)33-19-11-13-21-35(33)45(41)49(3,4)46-36-22-14-12-20-34(36)44-42(46)38-28-30(2)24-26-40(38)48(44)32-17-9-6-10-18-32;1-3-2/h5-10,15-18,29-30,33-46H,11-14,19-28H2,1-4H3;3H2,1-2H3. The van der Waals surface area contributed by atoms with Crippen LogP contribution in [0, 0.1) is 59.2 Å². The van der Waals surface area contributed by atoms with Crippen molar-refractivity contribution in [3.63, 3.8) is 0 Å². The summed E-state index contributed by atoms with van der Waals surface area (Å²) in [6.07, 6.45) is 22.1. The summed E-state index contributed by atoms with van der Waals surface area (Å²) in [6, 6.07) is 27.1. The molecule has 8 fully saturated rings. The second-order valence-corrected chi connectivity index (χ2v) is 25.7. The molecule has 16 unspecified atom stereocenters. The number of benzene rings is 2. The van der Waals surface area contributed by atoms with Crippen LogP contribution in [0.15, 0.2) is 60.7 Å². The fraction of sp³-hybridized carbons (Fsp3) is 0.755. The van der Waals surface area contributed by atoms with Crippen LogP contribution in [-0.2, 0) is 0 Å². The summed E-state index contributed by atoms with van der Waals surface area (Å²) in [5.74, 6) is 9.38. The maximum absolute atomic E-state index is 3.14. The van der Waals surface area contributed by atoms with Crippen LogP contribution in [0.4, 0.5) is 11.4 Å². The van der Waals surface area contributed by atoms with Crippen molar-refractivity contribution in [2.75, 3.05) is 9.80 Å². The van der Waals surface area contributed by atoms with Crippen molar-refractivity contribution in [2.45, 2.75) is 172 Å². The third kappa shape index (κ3) is 5.64. The Bertz CT molecular complexity index is 1380. The molecule has 16 atom stereocenters. The molecule has 8 aliphatic rings. The Kier molecular flexibility index (Phi) is 9.95. The highest BCUT2D eigenvalue weighted by Gasteiger charge is 2.71. The van der Waals surface area contributed by atoms with E-state index in [0.29, 0.717) is 0 Å². The molecule has 0 bridgehead atoms. The highest BCUT2D eigenvalue weighted by molar-refractivity contribution is 6.80. The van der Waals surface area contributed by atoms with Crippen LogP contribution in [0.5, 0.6) is 0 Å². The second kappa shape index (κ2) is 14.4. The van der Waals surface area contributed by atoms with E-state index in [9.17, 15) is 0 Å². The highest BCUT2D eigenvalue weighted by atomic mass is 28.3. The van der Waals surface area contributed by atoms with Gasteiger partial charge >= 0.3 is 0 Å². The van der Waals surface area contributed by atoms with Crippen molar-refractivity contribution in [3.05, 3.63) is 60.7 Å². The molecule has 6 saturated carbocycles. The fourth-order valence-corrected chi connectivity index (χ4v) is 22.9. The minimum Gasteiger partial charge on any atom is -0.365 e. The Labute approximate surface area is 320 Å². The molecule has 3 heteroatoms. The van der Waals surface area contributed by atoms with Crippen molar-refractivity contribution in [1.82, 2.24) is 0 Å². The van der Waals surface area contributed by atoms with Gasteiger partial charge in [0.15, 0.2) is 0 Å². The average Bonchev–Trinajstić information content (AvgIpc) is 3.87. The van der Waals surface area contributed by atoms with Crippen LogP contribution in [0.1, 0.15) is 124 Å². The van der Waals surface area contributed by atoms with Crippen LogP contribution < -0.4 is 9.80 Å². The zero-order valence-electron chi connectivity index (χ0n) is 34.0. The monoisotopic (exact) mass is 719 g/mol. The van der Waals surface area contributed by atoms with Gasteiger partial charge in [-0.2, -0.15) is 0 Å². The van der Waals surface area contributed by atoms with E-state index in [0.717, 1.165) is 94.4 Å². The molecule has 10 rings (SSSR count). The van der Waals surface area contributed by atoms with Gasteiger partial charge in [-0.05, 0) is 146 Å². The number of hydrogen-bond donors (Lipinski definition) is 0. The van der Waals surface area contributed by atoms with Crippen molar-refractivity contribution < 1.29 is 0 Å². The Morgan fingerprint density at radius 1 is 0.500 bits per heavy atom.